The largest absolute Gasteiger partial charge is 0.473 e. The number of rotatable bonds is 0. The Morgan fingerprint density at radius 3 is 0.300 bits per heavy atom. The molecule has 0 aliphatic heterocycles. The molecule has 0 bridgehead atoms. The fraction of sp³-hybridized carbons (Fsp3) is 0. The minimum atomic E-state index is -1.82. The third kappa shape index (κ3) is 174. The maximum atomic E-state index is 9.10. The third-order valence-corrected chi connectivity index (χ3v) is 0.549. The van der Waals surface area contributed by atoms with Crippen LogP contribution in [0.4, 0.5) is 0 Å². The molecular weight excluding hydrogens is 910 g/mol. The van der Waals surface area contributed by atoms with Gasteiger partial charge in [-0.3, -0.25) is 0 Å². The van der Waals surface area contributed by atoms with Crippen LogP contribution in [-0.2, 0) is 28.8 Å². The van der Waals surface area contributed by atoms with E-state index in [1.165, 1.54) is 0 Å². The van der Waals surface area contributed by atoms with E-state index in [4.69, 9.17) is 59.4 Å². The second-order valence-corrected chi connectivity index (χ2v) is 1.83. The second kappa shape index (κ2) is 72.0. The van der Waals surface area contributed by atoms with Gasteiger partial charge in [-0.05, 0) is 0 Å². The predicted molar refractivity (Wildman–Crippen MR) is 82.0 cm³/mol. The third-order valence-electron chi connectivity index (χ3n) is 0.549. The van der Waals surface area contributed by atoms with E-state index in [-0.39, 0.29) is 83.3 Å². The van der Waals surface area contributed by atoms with E-state index in [0.29, 0.717) is 0 Å². The van der Waals surface area contributed by atoms with E-state index in [9.17, 15) is 0 Å². The predicted octanol–water partition coefficient (Wildman–Crippen LogP) is -10.8. The van der Waals surface area contributed by atoms with E-state index in [1.807, 2.05) is 0 Å². The first-order valence-corrected chi connectivity index (χ1v) is 3.32. The average Bonchev–Trinajstić information content (AvgIpc) is 2.18. The van der Waals surface area contributed by atoms with E-state index >= 15 is 0 Å². The van der Waals surface area contributed by atoms with Gasteiger partial charge in [0.1, 0.15) is 0 Å². The molecule has 0 aromatic heterocycles. The maximum Gasteiger partial charge on any atom is 0.414 e. The van der Waals surface area contributed by atoms with Crippen molar-refractivity contribution in [2.45, 2.75) is 0 Å². The Balaban J connectivity index is -0.00000000721. The number of aliphatic carboxylic acids is 6. The zero-order valence-corrected chi connectivity index (χ0v) is 20.2. The Kier molecular flexibility index (Phi) is 301. The molecule has 0 heterocycles. The van der Waals surface area contributed by atoms with Gasteiger partial charge < -0.3 is 85.4 Å². The molecule has 0 spiro atoms. The Labute approximate surface area is 179 Å². The number of carbonyl (C=O) groups is 6. The fourth-order valence-corrected chi connectivity index (χ4v) is 0. The molecule has 24 heteroatoms. The van der Waals surface area contributed by atoms with Gasteiger partial charge in [-0.25, -0.2) is 28.8 Å². The summed E-state index contributed by atoms with van der Waals surface area (Å²) in [7, 11) is 0. The van der Waals surface area contributed by atoms with E-state index in [0.717, 1.165) is 0 Å². The van der Waals surface area contributed by atoms with Gasteiger partial charge in [0, 0.05) is 28.6 Å². The Hall–Kier alpha value is -2.80. The first-order valence-electron chi connectivity index (χ1n) is 3.32. The van der Waals surface area contributed by atoms with Crippen molar-refractivity contribution in [3.8, 4) is 0 Å². The van der Waals surface area contributed by atoms with Crippen LogP contribution in [-0.4, -0.2) is 121 Å². The molecule has 0 fully saturated rings. The van der Waals surface area contributed by atoms with Crippen LogP contribution in [0.1, 0.15) is 0 Å². The van der Waals surface area contributed by atoms with Gasteiger partial charge in [0.05, 0.1) is 0 Å². The average molecular weight is 936 g/mol. The van der Waals surface area contributed by atoms with Gasteiger partial charge in [0.2, 0.25) is 0 Å². The molecule has 0 aliphatic rings. The van der Waals surface area contributed by atoms with Crippen LogP contribution in [0.3, 0.4) is 0 Å². The maximum absolute atomic E-state index is 9.10. The van der Waals surface area contributed by atoms with Crippen molar-refractivity contribution >= 4 is 35.8 Å². The molecule has 0 aromatic carbocycles. The minimum absolute atomic E-state index is 0. The SMILES string of the molecule is O.O.O.O.O.O.O.O.O.O.O=C(O)C(=O)O.O=C(O)C(=O)O.O=C(O)C(=O)O.[Am].[Am]. The molecule has 0 atom stereocenters. The van der Waals surface area contributed by atoms with Crippen molar-refractivity contribution in [3.05, 3.63) is 0 Å². The standard InChI is InChI=1S/3C2H2O4.2Am.10H2O/c3*3-1(4)2(5)6;;;;;;;;;;;;/h3*(H,3,4)(H,5,6);;;10*1H2. The molecule has 26 N–H and O–H groups in total. The van der Waals surface area contributed by atoms with Gasteiger partial charge in [-0.2, -0.15) is 0 Å². The van der Waals surface area contributed by atoms with Crippen LogP contribution < -0.4 is 0 Å². The quantitative estimate of drug-likeness (QED) is 0.123. The Bertz CT molecular complexity index is 287. The van der Waals surface area contributed by atoms with Gasteiger partial charge >= 0.3 is 35.8 Å². The van der Waals surface area contributed by atoms with Crippen LogP contribution in [0, 0.1) is 28.6 Å². The molecule has 0 amide bonds. The van der Waals surface area contributed by atoms with Crippen LogP contribution in [0.25, 0.3) is 0 Å². The first-order chi connectivity index (χ1) is 7.93. The van der Waals surface area contributed by atoms with Crippen molar-refractivity contribution < 1.29 is 143 Å². The molecule has 2 radical (unpaired) electrons. The molecule has 22 nitrogen and oxygen atoms in total. The van der Waals surface area contributed by atoms with E-state index in [2.05, 4.69) is 0 Å². The van der Waals surface area contributed by atoms with Crippen LogP contribution in [0.5, 0.6) is 0 Å². The Morgan fingerprint density at radius 1 is 0.267 bits per heavy atom. The molecule has 0 aromatic rings. The molecular formula is C6H26Am2O22. The topological polar surface area (TPSA) is 539 Å². The van der Waals surface area contributed by atoms with E-state index in [1.54, 1.807) is 0 Å². The summed E-state index contributed by atoms with van der Waals surface area (Å²) in [5, 5.41) is 44.3. The van der Waals surface area contributed by atoms with Crippen molar-refractivity contribution in [2.75, 3.05) is 0 Å². The first kappa shape index (κ1) is 125. The van der Waals surface area contributed by atoms with Crippen molar-refractivity contribution in [3.63, 3.8) is 0 Å². The summed E-state index contributed by atoms with van der Waals surface area (Å²) in [5.41, 5.74) is 0. The summed E-state index contributed by atoms with van der Waals surface area (Å²) >= 11 is 0. The number of carboxylic acids is 6. The van der Waals surface area contributed by atoms with Crippen LogP contribution in [0.15, 0.2) is 0 Å². The van der Waals surface area contributed by atoms with Crippen molar-refractivity contribution in [1.29, 1.82) is 0 Å². The van der Waals surface area contributed by atoms with Crippen LogP contribution in [0.2, 0.25) is 0 Å². The Morgan fingerprint density at radius 2 is 0.300 bits per heavy atom. The van der Waals surface area contributed by atoms with Crippen LogP contribution >= 0.6 is 0 Å². The zero-order chi connectivity index (χ0) is 15.5. The molecule has 0 saturated carbocycles. The fourth-order valence-electron chi connectivity index (χ4n) is 0. The molecule has 196 valence electrons. The van der Waals surface area contributed by atoms with Gasteiger partial charge in [-0.15, -0.1) is 0 Å². The summed E-state index contributed by atoms with van der Waals surface area (Å²) in [6, 6.07) is 0. The molecule has 0 rings (SSSR count). The molecule has 0 unspecified atom stereocenters. The summed E-state index contributed by atoms with van der Waals surface area (Å²) in [5.74, 6) is -10.9. The van der Waals surface area contributed by atoms with Gasteiger partial charge in [-0.1, -0.05) is 0 Å². The smallest absolute Gasteiger partial charge is 0.414 e. The summed E-state index contributed by atoms with van der Waals surface area (Å²) in [4.78, 5) is 54.6. The number of hydrogen-bond acceptors (Lipinski definition) is 6. The van der Waals surface area contributed by atoms with Gasteiger partial charge in [0.25, 0.3) is 0 Å². The zero-order valence-electron chi connectivity index (χ0n) is 13.9. The minimum Gasteiger partial charge on any atom is -0.473 e. The second-order valence-electron chi connectivity index (χ2n) is 1.83. The van der Waals surface area contributed by atoms with Crippen molar-refractivity contribution in [2.24, 2.45) is 0 Å². The number of hydrogen-bond donors (Lipinski definition) is 6. The monoisotopic (exact) mass is 932 g/mol. The number of carboxylic acid groups (broad SMARTS) is 6. The summed E-state index contributed by atoms with van der Waals surface area (Å²) < 4.78 is 0. The van der Waals surface area contributed by atoms with Gasteiger partial charge in [0.15, 0.2) is 0 Å². The molecule has 0 aliphatic carbocycles. The normalized spacial score (nSPS) is 4.40. The summed E-state index contributed by atoms with van der Waals surface area (Å²) in [6.45, 7) is 0. The molecule has 0 saturated heterocycles. The molecule has 30 heavy (non-hydrogen) atoms. The van der Waals surface area contributed by atoms with E-state index < -0.39 is 35.8 Å². The van der Waals surface area contributed by atoms with Crippen molar-refractivity contribution in [1.82, 2.24) is 0 Å². The summed E-state index contributed by atoms with van der Waals surface area (Å²) in [6.07, 6.45) is 0.